The number of hydrogen-bond acceptors (Lipinski definition) is 5. The molecule has 0 bridgehead atoms. The van der Waals surface area contributed by atoms with Gasteiger partial charge in [-0.15, -0.1) is 0 Å². The minimum absolute atomic E-state index is 0.372. The first kappa shape index (κ1) is 64.8. The molecule has 4 unspecified atom stereocenters. The molecule has 0 spiro atoms. The first-order valence-electron chi connectivity index (χ1n) is 29.7. The Morgan fingerprint density at radius 3 is 0.955 bits per heavy atom. The Morgan fingerprint density at radius 2 is 0.652 bits per heavy atom. The van der Waals surface area contributed by atoms with E-state index in [1.54, 1.807) is 0 Å². The van der Waals surface area contributed by atoms with Crippen LogP contribution < -0.4 is 5.32 Å². The molecule has 6 heteroatoms. The maximum atomic E-state index is 12.6. The molecule has 0 aliphatic carbocycles. The van der Waals surface area contributed by atoms with Gasteiger partial charge in [0.15, 0.2) is 0 Å². The quantitative estimate of drug-likeness (QED) is 0.0308. The van der Waals surface area contributed by atoms with E-state index < -0.39 is 36.9 Å². The van der Waals surface area contributed by atoms with Crippen LogP contribution in [0, 0.1) is 0 Å². The molecule has 0 fully saturated rings. The molecule has 66 heavy (non-hydrogen) atoms. The van der Waals surface area contributed by atoms with E-state index in [1.807, 2.05) is 0 Å². The number of carbonyl (C=O) groups excluding carboxylic acids is 1. The van der Waals surface area contributed by atoms with Crippen molar-refractivity contribution in [1.82, 2.24) is 5.32 Å². The number of nitrogens with one attached hydrogen (secondary N) is 1. The second-order valence-corrected chi connectivity index (χ2v) is 20.7. The van der Waals surface area contributed by atoms with Gasteiger partial charge in [-0.25, -0.2) is 0 Å². The van der Waals surface area contributed by atoms with Crippen LogP contribution in [0.15, 0.2) is 24.3 Å². The van der Waals surface area contributed by atoms with Crippen LogP contribution in [-0.4, -0.2) is 57.3 Å². The highest BCUT2D eigenvalue weighted by Crippen LogP contribution is 2.18. The van der Waals surface area contributed by atoms with Crippen LogP contribution in [0.25, 0.3) is 0 Å². The van der Waals surface area contributed by atoms with Gasteiger partial charge in [0.05, 0.1) is 18.8 Å². The van der Waals surface area contributed by atoms with Crippen LogP contribution in [0.5, 0.6) is 0 Å². The number of amides is 1. The molecule has 1 amide bonds. The molecule has 0 aliphatic rings. The van der Waals surface area contributed by atoms with E-state index in [2.05, 4.69) is 43.5 Å². The first-order chi connectivity index (χ1) is 32.5. The Kier molecular flexibility index (Phi) is 53.7. The number of allylic oxidation sites excluding steroid dienone is 4. The van der Waals surface area contributed by atoms with Gasteiger partial charge in [-0.3, -0.25) is 4.79 Å². The summed E-state index contributed by atoms with van der Waals surface area (Å²) in [6.07, 6.45) is 67.1. The van der Waals surface area contributed by atoms with E-state index >= 15 is 0 Å². The van der Waals surface area contributed by atoms with Crippen molar-refractivity contribution >= 4 is 5.91 Å². The third-order valence-electron chi connectivity index (χ3n) is 14.2. The average Bonchev–Trinajstić information content (AvgIpc) is 3.32. The molecular weight excluding hydrogens is 815 g/mol. The van der Waals surface area contributed by atoms with Gasteiger partial charge in [-0.2, -0.15) is 0 Å². The van der Waals surface area contributed by atoms with Gasteiger partial charge >= 0.3 is 0 Å². The van der Waals surface area contributed by atoms with Crippen molar-refractivity contribution in [2.45, 2.75) is 346 Å². The minimum Gasteiger partial charge on any atom is -0.394 e. The van der Waals surface area contributed by atoms with Crippen molar-refractivity contribution in [3.63, 3.8) is 0 Å². The maximum Gasteiger partial charge on any atom is 0.249 e. The molecule has 0 saturated carbocycles. The van der Waals surface area contributed by atoms with Gasteiger partial charge in [-0.05, 0) is 44.9 Å². The van der Waals surface area contributed by atoms with Crippen LogP contribution in [0.2, 0.25) is 0 Å². The molecular formula is C60H117NO5. The molecule has 0 aromatic heterocycles. The second kappa shape index (κ2) is 54.7. The topological polar surface area (TPSA) is 110 Å². The van der Waals surface area contributed by atoms with Crippen LogP contribution >= 0.6 is 0 Å². The molecule has 0 aliphatic heterocycles. The van der Waals surface area contributed by atoms with Gasteiger partial charge in [0.2, 0.25) is 5.91 Å². The molecule has 0 radical (unpaired) electrons. The van der Waals surface area contributed by atoms with E-state index in [0.717, 1.165) is 44.9 Å². The standard InChI is InChI=1S/C60H117NO5/c1-3-5-7-9-11-13-15-17-18-19-20-21-22-23-24-25-26-27-28-29-30-31-32-33-34-35-36-37-38-39-40-41-42-44-46-48-50-52-54-58(64)60(66)61-56(55-62)59(65)57(63)53-51-49-47-45-43-16-14-12-10-8-6-4-2/h26-27,29-30,56-59,62-65H,3-25,28,31-55H2,1-2H3,(H,61,66)/b27-26-,30-29-. The summed E-state index contributed by atoms with van der Waals surface area (Å²) < 4.78 is 0. The summed E-state index contributed by atoms with van der Waals surface area (Å²) in [6.45, 7) is 4.07. The lowest BCUT2D eigenvalue weighted by Crippen LogP contribution is -2.53. The molecule has 0 aromatic carbocycles. The largest absolute Gasteiger partial charge is 0.394 e. The molecule has 0 aromatic rings. The molecule has 392 valence electrons. The van der Waals surface area contributed by atoms with Crippen molar-refractivity contribution in [2.75, 3.05) is 6.61 Å². The van der Waals surface area contributed by atoms with Crippen molar-refractivity contribution < 1.29 is 25.2 Å². The van der Waals surface area contributed by atoms with Crippen molar-refractivity contribution in [1.29, 1.82) is 0 Å². The summed E-state index contributed by atoms with van der Waals surface area (Å²) >= 11 is 0. The Morgan fingerprint density at radius 1 is 0.379 bits per heavy atom. The monoisotopic (exact) mass is 932 g/mol. The summed E-state index contributed by atoms with van der Waals surface area (Å²) in [4.78, 5) is 12.6. The average molecular weight is 933 g/mol. The highest BCUT2D eigenvalue weighted by atomic mass is 16.3. The highest BCUT2D eigenvalue weighted by molar-refractivity contribution is 5.80. The van der Waals surface area contributed by atoms with Crippen LogP contribution in [-0.2, 0) is 4.79 Å². The molecule has 6 nitrogen and oxygen atoms in total. The van der Waals surface area contributed by atoms with Gasteiger partial charge in [0, 0.05) is 0 Å². The number of hydrogen-bond donors (Lipinski definition) is 5. The van der Waals surface area contributed by atoms with E-state index in [1.165, 1.54) is 250 Å². The highest BCUT2D eigenvalue weighted by Gasteiger charge is 2.28. The van der Waals surface area contributed by atoms with Gasteiger partial charge in [0.1, 0.15) is 12.2 Å². The number of aliphatic hydroxyl groups excluding tert-OH is 4. The lowest BCUT2D eigenvalue weighted by atomic mass is 9.99. The van der Waals surface area contributed by atoms with Gasteiger partial charge in [-0.1, -0.05) is 301 Å². The fourth-order valence-corrected chi connectivity index (χ4v) is 9.50. The Balaban J connectivity index is 3.51. The predicted molar refractivity (Wildman–Crippen MR) is 288 cm³/mol. The van der Waals surface area contributed by atoms with Crippen molar-refractivity contribution in [3.8, 4) is 0 Å². The fraction of sp³-hybridized carbons (Fsp3) is 0.917. The normalized spacial score (nSPS) is 13.8. The van der Waals surface area contributed by atoms with Gasteiger partial charge in [0.25, 0.3) is 0 Å². The number of unbranched alkanes of at least 4 members (excludes halogenated alkanes) is 42. The number of carbonyl (C=O) groups is 1. The third kappa shape index (κ3) is 47.8. The zero-order valence-electron chi connectivity index (χ0n) is 44.5. The third-order valence-corrected chi connectivity index (χ3v) is 14.2. The number of aliphatic hydroxyl groups is 4. The number of rotatable bonds is 55. The summed E-state index contributed by atoms with van der Waals surface area (Å²) in [5.41, 5.74) is 0. The summed E-state index contributed by atoms with van der Waals surface area (Å²) in [5.74, 6) is -0.580. The zero-order chi connectivity index (χ0) is 48.1. The molecule has 4 atom stereocenters. The van der Waals surface area contributed by atoms with Crippen LogP contribution in [0.1, 0.15) is 322 Å². The first-order valence-corrected chi connectivity index (χ1v) is 29.7. The summed E-state index contributed by atoms with van der Waals surface area (Å²) in [5, 5.41) is 43.8. The molecule has 0 heterocycles. The lowest BCUT2D eigenvalue weighted by Gasteiger charge is -2.27. The van der Waals surface area contributed by atoms with Crippen molar-refractivity contribution in [2.24, 2.45) is 0 Å². The van der Waals surface area contributed by atoms with Crippen molar-refractivity contribution in [3.05, 3.63) is 24.3 Å². The van der Waals surface area contributed by atoms with E-state index in [4.69, 9.17) is 0 Å². The molecule has 0 saturated heterocycles. The second-order valence-electron chi connectivity index (χ2n) is 20.7. The molecule has 5 N–H and O–H groups in total. The predicted octanol–water partition coefficient (Wildman–Crippen LogP) is 17.4. The van der Waals surface area contributed by atoms with Crippen LogP contribution in [0.3, 0.4) is 0 Å². The smallest absolute Gasteiger partial charge is 0.249 e. The van der Waals surface area contributed by atoms with Crippen LogP contribution in [0.4, 0.5) is 0 Å². The SMILES string of the molecule is CCCCCCCCCCCCCCCCC/C=C\C/C=C\CCCCCCCCCCCCCCCCCCC(O)C(=O)NC(CO)C(O)C(O)CCCCCCCCCCCCCC. The Labute approximate surface area is 412 Å². The summed E-state index contributed by atoms with van der Waals surface area (Å²) in [6, 6.07) is -0.983. The van der Waals surface area contributed by atoms with Gasteiger partial charge < -0.3 is 25.7 Å². The van der Waals surface area contributed by atoms with E-state index in [9.17, 15) is 25.2 Å². The van der Waals surface area contributed by atoms with E-state index in [-0.39, 0.29) is 0 Å². The lowest BCUT2D eigenvalue weighted by molar-refractivity contribution is -0.132. The maximum absolute atomic E-state index is 12.6. The minimum atomic E-state index is -1.26. The fourth-order valence-electron chi connectivity index (χ4n) is 9.50. The van der Waals surface area contributed by atoms with E-state index in [0.29, 0.717) is 12.8 Å². The summed E-state index contributed by atoms with van der Waals surface area (Å²) in [7, 11) is 0. The Hall–Kier alpha value is -1.21. The molecule has 0 rings (SSSR count). The Bertz CT molecular complexity index is 1000. The zero-order valence-corrected chi connectivity index (χ0v) is 44.5.